The van der Waals surface area contributed by atoms with Crippen LogP contribution in [-0.2, 0) is 9.53 Å². The average molecular weight is 486 g/mol. The number of thiazole rings is 1. The van der Waals surface area contributed by atoms with Gasteiger partial charge >= 0.3 is 0 Å². The van der Waals surface area contributed by atoms with E-state index in [2.05, 4.69) is 15.6 Å². The Balaban J connectivity index is 1.45. The monoisotopic (exact) mass is 485 g/mol. The van der Waals surface area contributed by atoms with E-state index in [1.165, 1.54) is 11.3 Å². The van der Waals surface area contributed by atoms with Crippen LogP contribution in [0.5, 0.6) is 0 Å². The summed E-state index contributed by atoms with van der Waals surface area (Å²) in [6, 6.07) is 5.20. The van der Waals surface area contributed by atoms with E-state index in [-0.39, 0.29) is 11.8 Å². The van der Waals surface area contributed by atoms with E-state index in [9.17, 15) is 9.59 Å². The number of methoxy groups -OCH3 is 1. The van der Waals surface area contributed by atoms with Crippen molar-refractivity contribution in [3.05, 3.63) is 39.3 Å². The Bertz CT molecular complexity index is 903. The minimum absolute atomic E-state index is 0.00611. The van der Waals surface area contributed by atoms with Crippen LogP contribution in [0.4, 0.5) is 10.8 Å². The van der Waals surface area contributed by atoms with Crippen molar-refractivity contribution in [3.63, 3.8) is 0 Å². The lowest BCUT2D eigenvalue weighted by Gasteiger charge is -2.33. The third-order valence-electron chi connectivity index (χ3n) is 4.77. The maximum atomic E-state index is 12.8. The number of nitrogens with zero attached hydrogens (tertiary/aromatic N) is 3. The second-order valence-corrected chi connectivity index (χ2v) is 8.73. The zero-order valence-electron chi connectivity index (χ0n) is 17.2. The van der Waals surface area contributed by atoms with E-state index < -0.39 is 0 Å². The molecule has 1 saturated heterocycles. The maximum absolute atomic E-state index is 12.8. The van der Waals surface area contributed by atoms with E-state index in [0.717, 1.165) is 12.1 Å². The number of aromatic nitrogens is 1. The molecule has 2 heterocycles. The van der Waals surface area contributed by atoms with Gasteiger partial charge in [-0.15, -0.1) is 11.3 Å². The van der Waals surface area contributed by atoms with E-state index in [1.807, 2.05) is 4.90 Å². The average Bonchev–Trinajstić information content (AvgIpc) is 3.22. The molecule has 0 atom stereocenters. The molecule has 8 nitrogen and oxygen atoms in total. The summed E-state index contributed by atoms with van der Waals surface area (Å²) in [5, 5.41) is 9.28. The third-order valence-corrected chi connectivity index (χ3v) is 6.27. The Morgan fingerprint density at radius 2 is 1.97 bits per heavy atom. The molecular weight excluding hydrogens is 461 g/mol. The molecule has 1 aromatic carbocycles. The number of rotatable bonds is 9. The van der Waals surface area contributed by atoms with Crippen LogP contribution in [-0.4, -0.2) is 79.6 Å². The minimum Gasteiger partial charge on any atom is -0.385 e. The molecule has 2 aromatic rings. The van der Waals surface area contributed by atoms with Crippen molar-refractivity contribution in [1.82, 2.24) is 20.1 Å². The van der Waals surface area contributed by atoms with Gasteiger partial charge in [-0.3, -0.25) is 14.5 Å². The van der Waals surface area contributed by atoms with Crippen LogP contribution in [0.15, 0.2) is 23.6 Å². The molecule has 1 fully saturated rings. The lowest BCUT2D eigenvalue weighted by Crippen LogP contribution is -2.51. The first-order valence-corrected chi connectivity index (χ1v) is 11.5. The number of carbonyl (C=O) groups excluding carboxylic acids is 2. The molecule has 3 rings (SSSR count). The first-order chi connectivity index (χ1) is 15.0. The van der Waals surface area contributed by atoms with Gasteiger partial charge in [-0.25, -0.2) is 4.98 Å². The first-order valence-electron chi connectivity index (χ1n) is 9.91. The molecule has 0 unspecified atom stereocenters. The molecule has 2 N–H and O–H groups in total. The summed E-state index contributed by atoms with van der Waals surface area (Å²) in [6.45, 7) is 3.98. The fraction of sp³-hybridized carbons (Fsp3) is 0.450. The van der Waals surface area contributed by atoms with Gasteiger partial charge in [-0.05, 0) is 24.6 Å². The maximum Gasteiger partial charge on any atom is 0.273 e. The normalized spacial score (nSPS) is 14.5. The quantitative estimate of drug-likeness (QED) is 0.530. The fourth-order valence-corrected chi connectivity index (χ4v) is 4.10. The molecule has 1 aliphatic heterocycles. The predicted molar refractivity (Wildman–Crippen MR) is 124 cm³/mol. The molecule has 0 radical (unpaired) electrons. The van der Waals surface area contributed by atoms with E-state index >= 15 is 0 Å². The van der Waals surface area contributed by atoms with Crippen molar-refractivity contribution < 1.29 is 14.3 Å². The number of piperazine rings is 1. The second-order valence-electron chi connectivity index (χ2n) is 7.06. The molecule has 2 amide bonds. The number of anilines is 2. The molecule has 0 aliphatic carbocycles. The van der Waals surface area contributed by atoms with Gasteiger partial charge in [0, 0.05) is 57.5 Å². The second kappa shape index (κ2) is 11.6. The standard InChI is InChI=1S/C20H25Cl2N5O3S/c1-30-10-2-5-23-18(28)12-26-6-8-27(9-7-26)19(29)17-13-31-20(25-17)24-14-3-4-15(21)16(22)11-14/h3-4,11,13H,2,5-10,12H2,1H3,(H,23,28)(H,24,25). The molecule has 11 heteroatoms. The van der Waals surface area contributed by atoms with E-state index in [1.54, 1.807) is 35.6 Å². The van der Waals surface area contributed by atoms with Gasteiger partial charge in [0.15, 0.2) is 5.13 Å². The Kier molecular flexibility index (Phi) is 8.91. The molecule has 0 bridgehead atoms. The zero-order valence-corrected chi connectivity index (χ0v) is 19.5. The van der Waals surface area contributed by atoms with Crippen LogP contribution in [0.3, 0.4) is 0 Å². The van der Waals surface area contributed by atoms with Gasteiger partial charge < -0.3 is 20.3 Å². The van der Waals surface area contributed by atoms with Crippen LogP contribution in [0.25, 0.3) is 0 Å². The highest BCUT2D eigenvalue weighted by atomic mass is 35.5. The number of hydrogen-bond donors (Lipinski definition) is 2. The van der Waals surface area contributed by atoms with Crippen molar-refractivity contribution in [1.29, 1.82) is 0 Å². The molecule has 0 saturated carbocycles. The Morgan fingerprint density at radius 1 is 1.19 bits per heavy atom. The van der Waals surface area contributed by atoms with Crippen LogP contribution < -0.4 is 10.6 Å². The van der Waals surface area contributed by atoms with Crippen LogP contribution in [0.2, 0.25) is 10.0 Å². The van der Waals surface area contributed by atoms with Gasteiger partial charge in [0.2, 0.25) is 5.91 Å². The van der Waals surface area contributed by atoms with Crippen molar-refractivity contribution >= 4 is 57.2 Å². The molecule has 0 spiro atoms. The highest BCUT2D eigenvalue weighted by Gasteiger charge is 2.24. The lowest BCUT2D eigenvalue weighted by molar-refractivity contribution is -0.122. The van der Waals surface area contributed by atoms with Gasteiger partial charge in [0.05, 0.1) is 16.6 Å². The summed E-state index contributed by atoms with van der Waals surface area (Å²) in [5.41, 5.74) is 1.15. The number of benzene rings is 1. The summed E-state index contributed by atoms with van der Waals surface area (Å²) < 4.78 is 4.97. The van der Waals surface area contributed by atoms with Crippen molar-refractivity contribution in [2.45, 2.75) is 6.42 Å². The van der Waals surface area contributed by atoms with Gasteiger partial charge in [0.25, 0.3) is 5.91 Å². The third kappa shape index (κ3) is 7.05. The summed E-state index contributed by atoms with van der Waals surface area (Å²) in [6.07, 6.45) is 0.792. The number of nitrogens with one attached hydrogen (secondary N) is 2. The summed E-state index contributed by atoms with van der Waals surface area (Å²) in [4.78, 5) is 33.0. The molecule has 1 aliphatic rings. The van der Waals surface area contributed by atoms with Crippen molar-refractivity contribution in [3.8, 4) is 0 Å². The number of halogens is 2. The van der Waals surface area contributed by atoms with Crippen LogP contribution in [0.1, 0.15) is 16.9 Å². The largest absolute Gasteiger partial charge is 0.385 e. The summed E-state index contributed by atoms with van der Waals surface area (Å²) in [7, 11) is 1.64. The SMILES string of the molecule is COCCCNC(=O)CN1CCN(C(=O)c2csc(Nc3ccc(Cl)c(Cl)c3)n2)CC1. The van der Waals surface area contributed by atoms with Crippen molar-refractivity contribution in [2.75, 3.05) is 58.3 Å². The Morgan fingerprint density at radius 3 is 2.68 bits per heavy atom. The zero-order chi connectivity index (χ0) is 22.2. The van der Waals surface area contributed by atoms with E-state index in [4.69, 9.17) is 27.9 Å². The Labute approximate surface area is 195 Å². The smallest absolute Gasteiger partial charge is 0.273 e. The number of hydrogen-bond acceptors (Lipinski definition) is 7. The number of amides is 2. The molecule has 31 heavy (non-hydrogen) atoms. The lowest BCUT2D eigenvalue weighted by atomic mass is 10.3. The number of ether oxygens (including phenoxy) is 1. The van der Waals surface area contributed by atoms with Crippen LogP contribution in [0, 0.1) is 0 Å². The highest BCUT2D eigenvalue weighted by Crippen LogP contribution is 2.28. The highest BCUT2D eigenvalue weighted by molar-refractivity contribution is 7.14. The number of carbonyl (C=O) groups is 2. The molecule has 168 valence electrons. The minimum atomic E-state index is -0.109. The van der Waals surface area contributed by atoms with Crippen molar-refractivity contribution in [2.24, 2.45) is 0 Å². The first kappa shape index (κ1) is 23.7. The Hall–Kier alpha value is -1.91. The van der Waals surface area contributed by atoms with Gasteiger partial charge in [-0.1, -0.05) is 23.2 Å². The van der Waals surface area contributed by atoms with Gasteiger partial charge in [0.1, 0.15) is 5.69 Å². The molecular formula is C20H25Cl2N5O3S. The van der Waals surface area contributed by atoms with Crippen LogP contribution >= 0.6 is 34.5 Å². The van der Waals surface area contributed by atoms with Gasteiger partial charge in [-0.2, -0.15) is 0 Å². The topological polar surface area (TPSA) is 86.8 Å². The molecule has 1 aromatic heterocycles. The predicted octanol–water partition coefficient (Wildman–Crippen LogP) is 3.10. The van der Waals surface area contributed by atoms with E-state index in [0.29, 0.717) is 66.7 Å². The summed E-state index contributed by atoms with van der Waals surface area (Å²) in [5.74, 6) is -0.115. The summed E-state index contributed by atoms with van der Waals surface area (Å²) >= 11 is 13.3. The fourth-order valence-electron chi connectivity index (χ4n) is 3.10.